The molecule has 0 radical (unpaired) electrons. The first-order valence-corrected chi connectivity index (χ1v) is 8.08. The Morgan fingerprint density at radius 3 is 2.48 bits per heavy atom. The summed E-state index contributed by atoms with van der Waals surface area (Å²) in [6, 6.07) is -0.670. The minimum Gasteiger partial charge on any atom is -0.480 e. The Balaban J connectivity index is 1.34. The molecule has 2 N–H and O–H groups in total. The number of hydrogen-bond acceptors (Lipinski definition) is 3. The molecule has 7 atom stereocenters. The fraction of sp³-hybridized carbons (Fsp3) is 0.867. The quantitative estimate of drug-likeness (QED) is 0.784. The molecule has 2 amide bonds. The van der Waals surface area contributed by atoms with E-state index in [9.17, 15) is 14.7 Å². The number of hydrogen-bond donors (Lipinski definition) is 2. The maximum atomic E-state index is 12.7. The molecule has 21 heavy (non-hydrogen) atoms. The van der Waals surface area contributed by atoms with Crippen molar-refractivity contribution in [1.29, 1.82) is 0 Å². The number of amides is 2. The molecule has 0 unspecified atom stereocenters. The second-order valence-corrected chi connectivity index (χ2v) is 7.36. The second kappa shape index (κ2) is 3.91. The molecule has 0 aromatic carbocycles. The zero-order valence-corrected chi connectivity index (χ0v) is 11.8. The lowest BCUT2D eigenvalue weighted by Crippen LogP contribution is -2.53. The second-order valence-electron chi connectivity index (χ2n) is 7.36. The van der Waals surface area contributed by atoms with Crippen LogP contribution < -0.4 is 5.32 Å². The summed E-state index contributed by atoms with van der Waals surface area (Å²) in [5, 5.41) is 12.6. The van der Waals surface area contributed by atoms with Crippen molar-refractivity contribution in [2.75, 3.05) is 6.61 Å². The molecule has 0 aromatic rings. The van der Waals surface area contributed by atoms with Crippen molar-refractivity contribution < 1.29 is 19.4 Å². The number of carboxylic acids is 1. The summed E-state index contributed by atoms with van der Waals surface area (Å²) in [5.41, 5.74) is 0. The van der Waals surface area contributed by atoms with Crippen LogP contribution >= 0.6 is 0 Å². The zero-order valence-electron chi connectivity index (χ0n) is 11.8. The van der Waals surface area contributed by atoms with Gasteiger partial charge >= 0.3 is 12.0 Å². The highest BCUT2D eigenvalue weighted by Gasteiger charge is 2.67. The summed E-state index contributed by atoms with van der Waals surface area (Å²) in [4.78, 5) is 25.7. The number of rotatable bonds is 2. The van der Waals surface area contributed by atoms with Crippen molar-refractivity contribution in [1.82, 2.24) is 10.2 Å². The SMILES string of the molecule is O=C(O)[C@@H]1C[C@@H]2OCC[C@@H]2N1C(=O)NC1[C@@H]2C[C@@H]2[C@H]2C[C@@H]12. The van der Waals surface area contributed by atoms with Gasteiger partial charge in [0, 0.05) is 19.1 Å². The van der Waals surface area contributed by atoms with Crippen LogP contribution in [0.25, 0.3) is 0 Å². The average Bonchev–Trinajstić information content (AvgIpc) is 3.27. The van der Waals surface area contributed by atoms with Crippen LogP contribution in [0.3, 0.4) is 0 Å². The first-order chi connectivity index (χ1) is 10.1. The third-order valence-electron chi connectivity index (χ3n) is 6.39. The molecule has 2 aliphatic heterocycles. The third-order valence-corrected chi connectivity index (χ3v) is 6.39. The first-order valence-electron chi connectivity index (χ1n) is 8.08. The minimum atomic E-state index is -0.914. The number of nitrogens with zero attached hydrogens (tertiary/aromatic N) is 1. The van der Waals surface area contributed by atoms with Crippen LogP contribution in [-0.2, 0) is 9.53 Å². The first kappa shape index (κ1) is 12.3. The lowest BCUT2D eigenvalue weighted by Gasteiger charge is -2.29. The normalized spacial score (nSPS) is 52.1. The monoisotopic (exact) mass is 292 g/mol. The molecule has 0 bridgehead atoms. The van der Waals surface area contributed by atoms with E-state index in [2.05, 4.69) is 5.32 Å². The lowest BCUT2D eigenvalue weighted by atomic mass is 10.1. The zero-order chi connectivity index (χ0) is 14.3. The van der Waals surface area contributed by atoms with Crippen molar-refractivity contribution in [2.24, 2.45) is 23.7 Å². The Bertz CT molecular complexity index is 508. The largest absolute Gasteiger partial charge is 0.480 e. The third kappa shape index (κ3) is 1.62. The summed E-state index contributed by atoms with van der Waals surface area (Å²) in [7, 11) is 0. The molecule has 2 heterocycles. The summed E-state index contributed by atoms with van der Waals surface area (Å²) in [6.07, 6.45) is 3.59. The molecule has 3 aliphatic carbocycles. The average molecular weight is 292 g/mol. The standard InChI is InChI=1S/C15H20N2O4/c18-14(19)11-5-12-10(1-2-21-12)17(11)15(20)16-13-8-3-6(8)7-4-9(7)13/h6-13H,1-5H2,(H,16,20)(H,18,19)/t6-,7-,8-,9-,10+,11+,12+/m1/s1. The predicted octanol–water partition coefficient (Wildman–Crippen LogP) is 0.667. The molecule has 0 aromatic heterocycles. The smallest absolute Gasteiger partial charge is 0.326 e. The van der Waals surface area contributed by atoms with Gasteiger partial charge < -0.3 is 20.1 Å². The van der Waals surface area contributed by atoms with Crippen LogP contribution in [0.2, 0.25) is 0 Å². The fourth-order valence-corrected chi connectivity index (χ4v) is 5.29. The van der Waals surface area contributed by atoms with Crippen LogP contribution in [0.15, 0.2) is 0 Å². The van der Waals surface area contributed by atoms with Gasteiger partial charge in [0.05, 0.1) is 12.1 Å². The van der Waals surface area contributed by atoms with Gasteiger partial charge in [0.1, 0.15) is 6.04 Å². The van der Waals surface area contributed by atoms with Gasteiger partial charge in [-0.1, -0.05) is 0 Å². The highest BCUT2D eigenvalue weighted by molar-refractivity contribution is 5.84. The highest BCUT2D eigenvalue weighted by atomic mass is 16.5. The number of urea groups is 1. The number of nitrogens with one attached hydrogen (secondary N) is 1. The van der Waals surface area contributed by atoms with E-state index < -0.39 is 12.0 Å². The van der Waals surface area contributed by atoms with Gasteiger partial charge in [-0.2, -0.15) is 0 Å². The predicted molar refractivity (Wildman–Crippen MR) is 71.5 cm³/mol. The Morgan fingerprint density at radius 1 is 1.10 bits per heavy atom. The molecule has 6 heteroatoms. The Hall–Kier alpha value is -1.30. The lowest BCUT2D eigenvalue weighted by molar-refractivity contribution is -0.141. The number of ether oxygens (including phenoxy) is 1. The van der Waals surface area contributed by atoms with Crippen LogP contribution in [0, 0.1) is 23.7 Å². The van der Waals surface area contributed by atoms with Crippen molar-refractivity contribution in [3.8, 4) is 0 Å². The van der Waals surface area contributed by atoms with Gasteiger partial charge in [-0.15, -0.1) is 0 Å². The van der Waals surface area contributed by atoms with E-state index in [4.69, 9.17) is 4.74 Å². The molecule has 0 spiro atoms. The minimum absolute atomic E-state index is 0.0579. The Kier molecular flexibility index (Phi) is 2.28. The van der Waals surface area contributed by atoms with Gasteiger partial charge in [0.2, 0.25) is 0 Å². The van der Waals surface area contributed by atoms with Gasteiger partial charge in [0.25, 0.3) is 0 Å². The molecule has 2 saturated heterocycles. The number of fused-ring (bicyclic) bond motifs is 4. The summed E-state index contributed by atoms with van der Waals surface area (Å²) in [5.74, 6) is 2.11. The number of carbonyl (C=O) groups excluding carboxylic acids is 1. The summed E-state index contributed by atoms with van der Waals surface area (Å²) >= 11 is 0. The van der Waals surface area contributed by atoms with Gasteiger partial charge in [-0.3, -0.25) is 0 Å². The molecular formula is C15H20N2O4. The Morgan fingerprint density at radius 2 is 1.81 bits per heavy atom. The molecule has 114 valence electrons. The Labute approximate surface area is 122 Å². The van der Waals surface area contributed by atoms with E-state index >= 15 is 0 Å². The van der Waals surface area contributed by atoms with Crippen molar-refractivity contribution in [3.05, 3.63) is 0 Å². The van der Waals surface area contributed by atoms with E-state index in [1.807, 2.05) is 0 Å². The molecule has 6 nitrogen and oxygen atoms in total. The molecule has 5 rings (SSSR count). The maximum absolute atomic E-state index is 12.7. The van der Waals surface area contributed by atoms with Gasteiger partial charge in [-0.25, -0.2) is 9.59 Å². The van der Waals surface area contributed by atoms with Crippen molar-refractivity contribution in [2.45, 2.75) is 49.9 Å². The van der Waals surface area contributed by atoms with Gasteiger partial charge in [0.15, 0.2) is 0 Å². The van der Waals surface area contributed by atoms with Crippen molar-refractivity contribution in [3.63, 3.8) is 0 Å². The molecule has 3 saturated carbocycles. The maximum Gasteiger partial charge on any atom is 0.326 e. The summed E-state index contributed by atoms with van der Waals surface area (Å²) in [6.45, 7) is 0.629. The van der Waals surface area contributed by atoms with E-state index in [0.29, 0.717) is 30.9 Å². The van der Waals surface area contributed by atoms with E-state index in [-0.39, 0.29) is 18.2 Å². The number of carbonyl (C=O) groups is 2. The molecule has 5 fully saturated rings. The molecule has 5 aliphatic rings. The van der Waals surface area contributed by atoms with E-state index in [1.54, 1.807) is 4.90 Å². The molecular weight excluding hydrogens is 272 g/mol. The summed E-state index contributed by atoms with van der Waals surface area (Å²) < 4.78 is 5.58. The van der Waals surface area contributed by atoms with Crippen LogP contribution in [0.4, 0.5) is 4.79 Å². The topological polar surface area (TPSA) is 78.9 Å². The van der Waals surface area contributed by atoms with E-state index in [0.717, 1.165) is 18.3 Å². The number of carboxylic acid groups (broad SMARTS) is 1. The number of likely N-dealkylation sites (tertiary alicyclic amines) is 1. The fourth-order valence-electron chi connectivity index (χ4n) is 5.29. The number of aliphatic carboxylic acids is 1. The van der Waals surface area contributed by atoms with Crippen molar-refractivity contribution >= 4 is 12.0 Å². The van der Waals surface area contributed by atoms with Crippen LogP contribution in [0.1, 0.15) is 25.7 Å². The van der Waals surface area contributed by atoms with E-state index in [1.165, 1.54) is 12.8 Å². The van der Waals surface area contributed by atoms with Gasteiger partial charge in [-0.05, 0) is 42.9 Å². The van der Waals surface area contributed by atoms with Crippen LogP contribution in [-0.4, -0.2) is 52.8 Å². The van der Waals surface area contributed by atoms with Crippen LogP contribution in [0.5, 0.6) is 0 Å². The highest BCUT2D eigenvalue weighted by Crippen LogP contribution is 2.69.